The van der Waals surface area contributed by atoms with Crippen LogP contribution in [0.5, 0.6) is 0 Å². The summed E-state index contributed by atoms with van der Waals surface area (Å²) in [7, 11) is 0. The second kappa shape index (κ2) is 9.18. The van der Waals surface area contributed by atoms with E-state index < -0.39 is 10.9 Å². The number of nitrogens with zero attached hydrogens (tertiary/aromatic N) is 2. The van der Waals surface area contributed by atoms with Crippen LogP contribution < -0.4 is 5.32 Å². The minimum Gasteiger partial charge on any atom is -0.452 e. The van der Waals surface area contributed by atoms with E-state index in [1.165, 1.54) is 12.1 Å². The Morgan fingerprint density at radius 1 is 1.24 bits per heavy atom. The fourth-order valence-corrected chi connectivity index (χ4v) is 3.31. The summed E-state index contributed by atoms with van der Waals surface area (Å²) >= 11 is 0. The van der Waals surface area contributed by atoms with Crippen molar-refractivity contribution in [3.8, 4) is 0 Å². The summed E-state index contributed by atoms with van der Waals surface area (Å²) in [6.45, 7) is 3.02. The lowest BCUT2D eigenvalue weighted by molar-refractivity contribution is -0.383. The van der Waals surface area contributed by atoms with Crippen LogP contribution in [0.15, 0.2) is 48.5 Å². The summed E-state index contributed by atoms with van der Waals surface area (Å²) in [5.41, 5.74) is 0.720. The number of nitro benzene ring substituents is 1. The van der Waals surface area contributed by atoms with Crippen LogP contribution in [0.4, 0.5) is 17.1 Å². The Morgan fingerprint density at radius 3 is 2.69 bits per heavy atom. The van der Waals surface area contributed by atoms with E-state index in [2.05, 4.69) is 12.2 Å². The Kier molecular flexibility index (Phi) is 6.43. The number of hydrogen-bond donors (Lipinski definition) is 1. The highest BCUT2D eigenvalue weighted by molar-refractivity contribution is 5.93. The lowest BCUT2D eigenvalue weighted by Crippen LogP contribution is -2.41. The molecule has 2 aromatic rings. The van der Waals surface area contributed by atoms with Gasteiger partial charge in [-0.25, -0.2) is 4.79 Å². The van der Waals surface area contributed by atoms with Crippen molar-refractivity contribution >= 4 is 28.9 Å². The van der Waals surface area contributed by atoms with Crippen molar-refractivity contribution < 1.29 is 19.2 Å². The van der Waals surface area contributed by atoms with Gasteiger partial charge in [0.25, 0.3) is 11.6 Å². The predicted molar refractivity (Wildman–Crippen MR) is 108 cm³/mol. The molecule has 0 unspecified atom stereocenters. The third-order valence-corrected chi connectivity index (χ3v) is 4.82. The maximum Gasteiger partial charge on any atom is 0.338 e. The quantitative estimate of drug-likeness (QED) is 0.452. The van der Waals surface area contributed by atoms with E-state index in [0.29, 0.717) is 24.7 Å². The zero-order chi connectivity index (χ0) is 20.8. The smallest absolute Gasteiger partial charge is 0.338 e. The predicted octanol–water partition coefficient (Wildman–Crippen LogP) is 3.75. The SMILES string of the molecule is C[C@H]1CCCN(C(=O)COC(=O)c2ccc(Nc3ccccc3)c([N+](=O)[O-])c2)C1. The molecular weight excluding hydrogens is 374 g/mol. The molecule has 1 aliphatic rings. The number of likely N-dealkylation sites (tertiary alicyclic amines) is 1. The average Bonchev–Trinajstić information content (AvgIpc) is 2.72. The molecule has 0 spiro atoms. The summed E-state index contributed by atoms with van der Waals surface area (Å²) in [5, 5.41) is 14.4. The number of rotatable bonds is 6. The average molecular weight is 397 g/mol. The van der Waals surface area contributed by atoms with Gasteiger partial charge >= 0.3 is 5.97 Å². The normalized spacial score (nSPS) is 16.2. The number of para-hydroxylation sites is 1. The third kappa shape index (κ3) is 5.31. The molecule has 1 fully saturated rings. The van der Waals surface area contributed by atoms with Gasteiger partial charge < -0.3 is 15.0 Å². The van der Waals surface area contributed by atoms with Gasteiger partial charge in [0.05, 0.1) is 10.5 Å². The molecule has 1 amide bonds. The molecule has 0 aromatic heterocycles. The molecule has 8 nitrogen and oxygen atoms in total. The first-order valence-corrected chi connectivity index (χ1v) is 9.49. The molecule has 29 heavy (non-hydrogen) atoms. The fraction of sp³-hybridized carbons (Fsp3) is 0.333. The number of piperidine rings is 1. The van der Waals surface area contributed by atoms with E-state index in [9.17, 15) is 19.7 Å². The molecule has 8 heteroatoms. The Bertz CT molecular complexity index is 900. The van der Waals surface area contributed by atoms with Crippen molar-refractivity contribution in [3.63, 3.8) is 0 Å². The van der Waals surface area contributed by atoms with Gasteiger partial charge in [-0.1, -0.05) is 25.1 Å². The molecule has 1 aliphatic heterocycles. The molecule has 0 saturated carbocycles. The van der Waals surface area contributed by atoms with Gasteiger partial charge in [0.1, 0.15) is 5.69 Å². The first-order valence-electron chi connectivity index (χ1n) is 9.49. The van der Waals surface area contributed by atoms with Gasteiger partial charge in [-0.05, 0) is 43.0 Å². The summed E-state index contributed by atoms with van der Waals surface area (Å²) < 4.78 is 5.10. The van der Waals surface area contributed by atoms with E-state index in [4.69, 9.17) is 4.74 Å². The van der Waals surface area contributed by atoms with Crippen LogP contribution in [0.2, 0.25) is 0 Å². The molecule has 0 radical (unpaired) electrons. The topological polar surface area (TPSA) is 102 Å². The van der Waals surface area contributed by atoms with Crippen LogP contribution >= 0.6 is 0 Å². The van der Waals surface area contributed by atoms with Gasteiger partial charge in [0.2, 0.25) is 0 Å². The van der Waals surface area contributed by atoms with Crippen LogP contribution in [-0.4, -0.2) is 41.4 Å². The van der Waals surface area contributed by atoms with Crippen molar-refractivity contribution in [1.82, 2.24) is 4.90 Å². The lowest BCUT2D eigenvalue weighted by Gasteiger charge is -2.30. The maximum atomic E-state index is 12.3. The number of anilines is 2. The van der Waals surface area contributed by atoms with Crippen molar-refractivity contribution in [1.29, 1.82) is 0 Å². The monoisotopic (exact) mass is 397 g/mol. The number of nitrogens with one attached hydrogen (secondary N) is 1. The van der Waals surface area contributed by atoms with E-state index in [1.807, 2.05) is 6.07 Å². The Hall–Kier alpha value is -3.42. The zero-order valence-electron chi connectivity index (χ0n) is 16.2. The lowest BCUT2D eigenvalue weighted by atomic mass is 10.0. The van der Waals surface area contributed by atoms with Crippen molar-refractivity contribution in [2.75, 3.05) is 25.0 Å². The summed E-state index contributed by atoms with van der Waals surface area (Å²) in [6.07, 6.45) is 2.01. The molecule has 1 heterocycles. The molecule has 152 valence electrons. The highest BCUT2D eigenvalue weighted by Gasteiger charge is 2.23. The number of amides is 1. The molecule has 1 N–H and O–H groups in total. The minimum atomic E-state index is -0.766. The molecule has 0 bridgehead atoms. The Balaban J connectivity index is 1.66. The molecule has 0 aliphatic carbocycles. The number of esters is 1. The van der Waals surface area contributed by atoms with Crippen molar-refractivity contribution in [2.24, 2.45) is 5.92 Å². The number of carbonyl (C=O) groups excluding carboxylic acids is 2. The van der Waals surface area contributed by atoms with E-state index in [-0.39, 0.29) is 29.5 Å². The largest absolute Gasteiger partial charge is 0.452 e. The first kappa shape index (κ1) is 20.3. The second-order valence-electron chi connectivity index (χ2n) is 7.14. The molecule has 2 aromatic carbocycles. The molecule has 3 rings (SSSR count). The Morgan fingerprint density at radius 2 is 2.00 bits per heavy atom. The summed E-state index contributed by atoms with van der Waals surface area (Å²) in [6, 6.07) is 13.0. The zero-order valence-corrected chi connectivity index (χ0v) is 16.2. The number of carbonyl (C=O) groups is 2. The van der Waals surface area contributed by atoms with Gasteiger partial charge in [-0.2, -0.15) is 0 Å². The van der Waals surface area contributed by atoms with Crippen molar-refractivity contribution in [3.05, 3.63) is 64.2 Å². The summed E-state index contributed by atoms with van der Waals surface area (Å²) in [4.78, 5) is 37.1. The number of hydrogen-bond acceptors (Lipinski definition) is 6. The summed E-state index contributed by atoms with van der Waals surface area (Å²) in [5.74, 6) is -0.588. The Labute approximate surface area is 168 Å². The van der Waals surface area contributed by atoms with Crippen LogP contribution in [0.3, 0.4) is 0 Å². The van der Waals surface area contributed by atoms with Gasteiger partial charge in [0, 0.05) is 24.8 Å². The standard InChI is InChI=1S/C21H23N3O5/c1-15-6-5-11-23(13-15)20(25)14-29-21(26)16-9-10-18(19(12-16)24(27)28)22-17-7-3-2-4-8-17/h2-4,7-10,12,15,22H,5-6,11,13-14H2,1H3/t15-/m0/s1. The molecular formula is C21H23N3O5. The molecule has 1 saturated heterocycles. The highest BCUT2D eigenvalue weighted by Crippen LogP contribution is 2.29. The third-order valence-electron chi connectivity index (χ3n) is 4.82. The number of nitro groups is 1. The fourth-order valence-electron chi connectivity index (χ4n) is 3.31. The molecule has 1 atom stereocenters. The first-order chi connectivity index (χ1) is 13.9. The number of benzene rings is 2. The minimum absolute atomic E-state index is 0.0233. The second-order valence-corrected chi connectivity index (χ2v) is 7.14. The van der Waals surface area contributed by atoms with Gasteiger partial charge in [-0.3, -0.25) is 14.9 Å². The van der Waals surface area contributed by atoms with Gasteiger partial charge in [-0.15, -0.1) is 0 Å². The van der Waals surface area contributed by atoms with Crippen LogP contribution in [0.1, 0.15) is 30.1 Å². The van der Waals surface area contributed by atoms with Gasteiger partial charge in [0.15, 0.2) is 6.61 Å². The van der Waals surface area contributed by atoms with Crippen LogP contribution in [0, 0.1) is 16.0 Å². The van der Waals surface area contributed by atoms with Crippen molar-refractivity contribution in [2.45, 2.75) is 19.8 Å². The van der Waals surface area contributed by atoms with Crippen LogP contribution in [0.25, 0.3) is 0 Å². The number of ether oxygens (including phenoxy) is 1. The highest BCUT2D eigenvalue weighted by atomic mass is 16.6. The van der Waals surface area contributed by atoms with E-state index in [0.717, 1.165) is 18.9 Å². The van der Waals surface area contributed by atoms with E-state index in [1.54, 1.807) is 29.2 Å². The van der Waals surface area contributed by atoms with Crippen LogP contribution in [-0.2, 0) is 9.53 Å². The van der Waals surface area contributed by atoms with E-state index >= 15 is 0 Å². The maximum absolute atomic E-state index is 12.3.